The van der Waals surface area contributed by atoms with E-state index in [1.54, 1.807) is 6.08 Å². The van der Waals surface area contributed by atoms with E-state index in [2.05, 4.69) is 13.8 Å². The first-order valence-electron chi connectivity index (χ1n) is 10.5. The van der Waals surface area contributed by atoms with E-state index in [1.165, 1.54) is 0 Å². The van der Waals surface area contributed by atoms with Crippen LogP contribution in [0.4, 0.5) is 0 Å². The maximum absolute atomic E-state index is 12.7. The van der Waals surface area contributed by atoms with Crippen LogP contribution >= 0.6 is 0 Å². The van der Waals surface area contributed by atoms with Gasteiger partial charge in [0.1, 0.15) is 5.57 Å². The normalized spacial score (nSPS) is 13.7. The van der Waals surface area contributed by atoms with Gasteiger partial charge in [0.25, 0.3) is 0 Å². The van der Waals surface area contributed by atoms with Gasteiger partial charge in [0, 0.05) is 0 Å². The summed E-state index contributed by atoms with van der Waals surface area (Å²) in [7, 11) is 0. The molecule has 1 aromatic carbocycles. The second-order valence-electron chi connectivity index (χ2n) is 7.60. The monoisotopic (exact) mass is 388 g/mol. The molecule has 0 N–H and O–H groups in total. The van der Waals surface area contributed by atoms with Gasteiger partial charge in [-0.05, 0) is 36.8 Å². The first-order chi connectivity index (χ1) is 13.4. The van der Waals surface area contributed by atoms with Crippen molar-refractivity contribution in [3.05, 3.63) is 41.0 Å². The number of esters is 2. The minimum atomic E-state index is -0.618. The van der Waals surface area contributed by atoms with Crippen LogP contribution in [0.15, 0.2) is 29.8 Å². The third kappa shape index (κ3) is 8.73. The maximum Gasteiger partial charge on any atom is 0.345 e. The molecule has 0 spiro atoms. The van der Waals surface area contributed by atoms with Gasteiger partial charge in [-0.3, -0.25) is 0 Å². The zero-order valence-electron chi connectivity index (χ0n) is 18.1. The molecule has 0 amide bonds. The summed E-state index contributed by atoms with van der Waals surface area (Å²) < 4.78 is 10.9. The Morgan fingerprint density at radius 2 is 1.57 bits per heavy atom. The van der Waals surface area contributed by atoms with Crippen molar-refractivity contribution in [2.24, 2.45) is 11.8 Å². The maximum atomic E-state index is 12.7. The molecule has 0 aliphatic heterocycles. The topological polar surface area (TPSA) is 52.6 Å². The highest BCUT2D eigenvalue weighted by Crippen LogP contribution is 2.16. The molecule has 28 heavy (non-hydrogen) atoms. The molecule has 1 rings (SSSR count). The molecule has 2 atom stereocenters. The van der Waals surface area contributed by atoms with Crippen molar-refractivity contribution in [3.63, 3.8) is 0 Å². The van der Waals surface area contributed by atoms with Crippen LogP contribution in [0, 0.1) is 18.8 Å². The summed E-state index contributed by atoms with van der Waals surface area (Å²) >= 11 is 0. The first kappa shape index (κ1) is 23.9. The van der Waals surface area contributed by atoms with Crippen molar-refractivity contribution in [1.29, 1.82) is 0 Å². The average molecular weight is 389 g/mol. The van der Waals surface area contributed by atoms with Crippen LogP contribution < -0.4 is 0 Å². The van der Waals surface area contributed by atoms with E-state index >= 15 is 0 Å². The molecule has 4 heteroatoms. The van der Waals surface area contributed by atoms with Gasteiger partial charge >= 0.3 is 11.9 Å². The number of unbranched alkanes of at least 4 members (excludes halogenated alkanes) is 1. The minimum Gasteiger partial charge on any atom is -0.462 e. The fourth-order valence-corrected chi connectivity index (χ4v) is 2.61. The van der Waals surface area contributed by atoms with Crippen LogP contribution in [-0.2, 0) is 19.1 Å². The van der Waals surface area contributed by atoms with Gasteiger partial charge in [0.15, 0.2) is 0 Å². The first-order valence-corrected chi connectivity index (χ1v) is 10.5. The largest absolute Gasteiger partial charge is 0.462 e. The lowest BCUT2D eigenvalue weighted by Gasteiger charge is -2.16. The standard InChI is InChI=1S/C24H36O4/c1-6-9-10-20(8-3)17-28-24(26)22(23(25)27-16-18(4)7-2)15-21-13-11-19(5)12-14-21/h11-15,18,20H,6-10,16-17H2,1-5H3/b22-15+. The van der Waals surface area contributed by atoms with Gasteiger partial charge in [-0.15, -0.1) is 0 Å². The molecular weight excluding hydrogens is 352 g/mol. The predicted octanol–water partition coefficient (Wildman–Crippen LogP) is 5.73. The second-order valence-corrected chi connectivity index (χ2v) is 7.60. The average Bonchev–Trinajstić information content (AvgIpc) is 2.71. The molecule has 0 aliphatic carbocycles. The quantitative estimate of drug-likeness (QED) is 0.199. The van der Waals surface area contributed by atoms with Crippen LogP contribution in [0.25, 0.3) is 6.08 Å². The zero-order valence-corrected chi connectivity index (χ0v) is 18.1. The lowest BCUT2D eigenvalue weighted by Crippen LogP contribution is -2.22. The third-order valence-electron chi connectivity index (χ3n) is 5.02. The highest BCUT2D eigenvalue weighted by atomic mass is 16.6. The molecule has 1 aromatic rings. The summed E-state index contributed by atoms with van der Waals surface area (Å²) in [6, 6.07) is 7.63. The number of aryl methyl sites for hydroxylation is 1. The van der Waals surface area contributed by atoms with E-state index in [0.29, 0.717) is 19.1 Å². The highest BCUT2D eigenvalue weighted by molar-refractivity contribution is 6.17. The van der Waals surface area contributed by atoms with E-state index in [9.17, 15) is 9.59 Å². The van der Waals surface area contributed by atoms with Gasteiger partial charge in [0.2, 0.25) is 0 Å². The number of rotatable bonds is 12. The molecule has 2 unspecified atom stereocenters. The van der Waals surface area contributed by atoms with Gasteiger partial charge in [0.05, 0.1) is 13.2 Å². The van der Waals surface area contributed by atoms with E-state index < -0.39 is 11.9 Å². The predicted molar refractivity (Wildman–Crippen MR) is 114 cm³/mol. The third-order valence-corrected chi connectivity index (χ3v) is 5.02. The molecule has 4 nitrogen and oxygen atoms in total. The Labute approximate surface area is 170 Å². The summed E-state index contributed by atoms with van der Waals surface area (Å²) in [5, 5.41) is 0. The summed E-state index contributed by atoms with van der Waals surface area (Å²) in [6.07, 6.45) is 6.67. The number of carbonyl (C=O) groups excluding carboxylic acids is 2. The second kappa shape index (κ2) is 13.1. The van der Waals surface area contributed by atoms with E-state index in [-0.39, 0.29) is 11.5 Å². The zero-order chi connectivity index (χ0) is 20.9. The fraction of sp³-hybridized carbons (Fsp3) is 0.583. The molecule has 0 saturated heterocycles. The van der Waals surface area contributed by atoms with Gasteiger partial charge in [-0.1, -0.05) is 83.2 Å². The van der Waals surface area contributed by atoms with E-state index in [1.807, 2.05) is 45.0 Å². The number of hydrogen-bond acceptors (Lipinski definition) is 4. The Morgan fingerprint density at radius 3 is 2.11 bits per heavy atom. The van der Waals surface area contributed by atoms with Gasteiger partial charge in [-0.2, -0.15) is 0 Å². The van der Waals surface area contributed by atoms with Gasteiger partial charge < -0.3 is 9.47 Å². The molecule has 156 valence electrons. The van der Waals surface area contributed by atoms with Crippen LogP contribution in [0.1, 0.15) is 70.9 Å². The molecule has 0 saturated carbocycles. The Balaban J connectivity index is 2.90. The highest BCUT2D eigenvalue weighted by Gasteiger charge is 2.23. The Morgan fingerprint density at radius 1 is 0.964 bits per heavy atom. The number of ether oxygens (including phenoxy) is 2. The van der Waals surface area contributed by atoms with Crippen LogP contribution in [0.5, 0.6) is 0 Å². The summed E-state index contributed by atoms with van der Waals surface area (Å²) in [4.78, 5) is 25.2. The lowest BCUT2D eigenvalue weighted by molar-refractivity contribution is -0.148. The smallest absolute Gasteiger partial charge is 0.345 e. The minimum absolute atomic E-state index is 0.0440. The van der Waals surface area contributed by atoms with Crippen molar-refractivity contribution in [1.82, 2.24) is 0 Å². The molecule has 0 bridgehead atoms. The molecule has 0 fully saturated rings. The summed E-state index contributed by atoms with van der Waals surface area (Å²) in [6.45, 7) is 10.9. The van der Waals surface area contributed by atoms with Crippen LogP contribution in [0.3, 0.4) is 0 Å². The van der Waals surface area contributed by atoms with Crippen molar-refractivity contribution >= 4 is 18.0 Å². The lowest BCUT2D eigenvalue weighted by atomic mass is 10.0. The van der Waals surface area contributed by atoms with Gasteiger partial charge in [-0.25, -0.2) is 9.59 Å². The number of benzene rings is 1. The molecule has 0 aliphatic rings. The number of hydrogen-bond donors (Lipinski definition) is 0. The Bertz CT molecular complexity index is 631. The van der Waals surface area contributed by atoms with Crippen LogP contribution in [-0.4, -0.2) is 25.2 Å². The molecule has 0 heterocycles. The van der Waals surface area contributed by atoms with E-state index in [4.69, 9.17) is 9.47 Å². The Hall–Kier alpha value is -2.10. The Kier molecular flexibility index (Phi) is 11.2. The molecule has 0 aromatic heterocycles. The summed E-state index contributed by atoms with van der Waals surface area (Å²) in [5.41, 5.74) is 1.84. The molecule has 0 radical (unpaired) electrons. The van der Waals surface area contributed by atoms with Crippen molar-refractivity contribution in [2.45, 2.75) is 66.7 Å². The molecular formula is C24H36O4. The van der Waals surface area contributed by atoms with Crippen molar-refractivity contribution in [2.75, 3.05) is 13.2 Å². The van der Waals surface area contributed by atoms with E-state index in [0.717, 1.165) is 43.2 Å². The SMILES string of the molecule is CCCCC(CC)COC(=O)/C(=C/c1ccc(C)cc1)C(=O)OCC(C)CC. The summed E-state index contributed by atoms with van der Waals surface area (Å²) in [5.74, 6) is -0.656. The van der Waals surface area contributed by atoms with Crippen molar-refractivity contribution in [3.8, 4) is 0 Å². The fourth-order valence-electron chi connectivity index (χ4n) is 2.61. The van der Waals surface area contributed by atoms with Crippen LogP contribution in [0.2, 0.25) is 0 Å². The number of carbonyl (C=O) groups is 2. The van der Waals surface area contributed by atoms with Crippen molar-refractivity contribution < 1.29 is 19.1 Å².